The standard InChI is InChI=1S/C15H30N2/c1-12-5-3-7-14(9-8-12)17-11-15-13(2)6-4-10-16-15/h12-17H,3-11H2,1-2H3. The van der Waals surface area contributed by atoms with Gasteiger partial charge in [0.2, 0.25) is 0 Å². The van der Waals surface area contributed by atoms with Gasteiger partial charge < -0.3 is 10.6 Å². The maximum absolute atomic E-state index is 3.82. The van der Waals surface area contributed by atoms with Gasteiger partial charge in [-0.05, 0) is 50.5 Å². The van der Waals surface area contributed by atoms with E-state index in [1.165, 1.54) is 58.0 Å². The second kappa shape index (κ2) is 6.75. The molecular weight excluding hydrogens is 208 g/mol. The summed E-state index contributed by atoms with van der Waals surface area (Å²) < 4.78 is 0. The van der Waals surface area contributed by atoms with Crippen LogP contribution in [0.2, 0.25) is 0 Å². The number of hydrogen-bond donors (Lipinski definition) is 2. The summed E-state index contributed by atoms with van der Waals surface area (Å²) in [7, 11) is 0. The molecule has 2 N–H and O–H groups in total. The molecule has 0 aromatic rings. The van der Waals surface area contributed by atoms with E-state index in [2.05, 4.69) is 24.5 Å². The zero-order valence-corrected chi connectivity index (χ0v) is 11.7. The van der Waals surface area contributed by atoms with Crippen LogP contribution in [0.3, 0.4) is 0 Å². The molecule has 0 bridgehead atoms. The first-order valence-electron chi connectivity index (χ1n) is 7.72. The van der Waals surface area contributed by atoms with Crippen LogP contribution in [0.25, 0.3) is 0 Å². The van der Waals surface area contributed by atoms with E-state index in [1.807, 2.05) is 0 Å². The highest BCUT2D eigenvalue weighted by molar-refractivity contribution is 4.82. The minimum atomic E-state index is 0.712. The molecule has 0 aromatic carbocycles. The molecule has 4 atom stereocenters. The lowest BCUT2D eigenvalue weighted by Gasteiger charge is -2.31. The Morgan fingerprint density at radius 3 is 2.71 bits per heavy atom. The fourth-order valence-electron chi connectivity index (χ4n) is 3.37. The average molecular weight is 238 g/mol. The number of nitrogens with one attached hydrogen (secondary N) is 2. The van der Waals surface area contributed by atoms with Gasteiger partial charge in [0, 0.05) is 18.6 Å². The Bertz CT molecular complexity index is 217. The third-order valence-electron chi connectivity index (χ3n) is 4.81. The van der Waals surface area contributed by atoms with Crippen LogP contribution in [-0.2, 0) is 0 Å². The first-order chi connectivity index (χ1) is 8.25. The summed E-state index contributed by atoms with van der Waals surface area (Å²) in [5, 5.41) is 7.49. The molecule has 0 amide bonds. The van der Waals surface area contributed by atoms with Crippen molar-refractivity contribution in [2.45, 2.75) is 70.9 Å². The van der Waals surface area contributed by atoms with Gasteiger partial charge in [0.05, 0.1) is 0 Å². The molecule has 1 aliphatic heterocycles. The highest BCUT2D eigenvalue weighted by atomic mass is 15.0. The highest BCUT2D eigenvalue weighted by Gasteiger charge is 2.22. The summed E-state index contributed by atoms with van der Waals surface area (Å²) >= 11 is 0. The second-order valence-electron chi connectivity index (χ2n) is 6.40. The van der Waals surface area contributed by atoms with Crippen molar-refractivity contribution < 1.29 is 0 Å². The molecule has 0 aromatic heterocycles. The molecule has 100 valence electrons. The van der Waals surface area contributed by atoms with Gasteiger partial charge in [0.1, 0.15) is 0 Å². The van der Waals surface area contributed by atoms with E-state index >= 15 is 0 Å². The molecule has 2 aliphatic rings. The van der Waals surface area contributed by atoms with Crippen molar-refractivity contribution in [1.29, 1.82) is 0 Å². The van der Waals surface area contributed by atoms with Gasteiger partial charge in [-0.25, -0.2) is 0 Å². The van der Waals surface area contributed by atoms with Crippen molar-refractivity contribution in [2.75, 3.05) is 13.1 Å². The first kappa shape index (κ1) is 13.4. The van der Waals surface area contributed by atoms with E-state index in [1.54, 1.807) is 0 Å². The first-order valence-corrected chi connectivity index (χ1v) is 7.72. The van der Waals surface area contributed by atoms with E-state index < -0.39 is 0 Å². The molecule has 1 saturated heterocycles. The third-order valence-corrected chi connectivity index (χ3v) is 4.81. The number of hydrogen-bond acceptors (Lipinski definition) is 2. The van der Waals surface area contributed by atoms with Gasteiger partial charge in [-0.1, -0.05) is 26.7 Å². The summed E-state index contributed by atoms with van der Waals surface area (Å²) in [4.78, 5) is 0. The fraction of sp³-hybridized carbons (Fsp3) is 1.00. The molecule has 0 radical (unpaired) electrons. The van der Waals surface area contributed by atoms with Crippen molar-refractivity contribution in [1.82, 2.24) is 10.6 Å². The molecular formula is C15H30N2. The summed E-state index contributed by atoms with van der Waals surface area (Å²) in [6.45, 7) is 7.21. The summed E-state index contributed by atoms with van der Waals surface area (Å²) in [5.41, 5.74) is 0. The molecule has 2 fully saturated rings. The smallest absolute Gasteiger partial charge is 0.0218 e. The lowest BCUT2D eigenvalue weighted by molar-refractivity contribution is 0.277. The van der Waals surface area contributed by atoms with Gasteiger partial charge in [-0.2, -0.15) is 0 Å². The number of rotatable bonds is 3. The quantitative estimate of drug-likeness (QED) is 0.739. The summed E-state index contributed by atoms with van der Waals surface area (Å²) in [5.74, 6) is 1.80. The van der Waals surface area contributed by atoms with E-state index in [4.69, 9.17) is 0 Å². The second-order valence-corrected chi connectivity index (χ2v) is 6.40. The Labute approximate surface area is 107 Å². The third kappa shape index (κ3) is 4.26. The zero-order chi connectivity index (χ0) is 12.1. The SMILES string of the molecule is CC1CCCC(NCC2NCCCC2C)CC1. The van der Waals surface area contributed by atoms with Crippen molar-refractivity contribution in [3.63, 3.8) is 0 Å². The Balaban J connectivity index is 1.69. The van der Waals surface area contributed by atoms with E-state index in [0.717, 1.165) is 17.9 Å². The van der Waals surface area contributed by atoms with Gasteiger partial charge in [-0.15, -0.1) is 0 Å². The van der Waals surface area contributed by atoms with Crippen LogP contribution < -0.4 is 10.6 Å². The van der Waals surface area contributed by atoms with Crippen LogP contribution >= 0.6 is 0 Å². The molecule has 17 heavy (non-hydrogen) atoms. The summed E-state index contributed by atoms with van der Waals surface area (Å²) in [6, 6.07) is 1.50. The molecule has 1 saturated carbocycles. The van der Waals surface area contributed by atoms with Crippen LogP contribution in [0.15, 0.2) is 0 Å². The highest BCUT2D eigenvalue weighted by Crippen LogP contribution is 2.23. The topological polar surface area (TPSA) is 24.1 Å². The predicted molar refractivity (Wildman–Crippen MR) is 74.2 cm³/mol. The fourth-order valence-corrected chi connectivity index (χ4v) is 3.37. The van der Waals surface area contributed by atoms with Gasteiger partial charge in [0.25, 0.3) is 0 Å². The summed E-state index contributed by atoms with van der Waals surface area (Å²) in [6.07, 6.45) is 9.83. The Morgan fingerprint density at radius 2 is 1.88 bits per heavy atom. The minimum absolute atomic E-state index is 0.712. The zero-order valence-electron chi connectivity index (χ0n) is 11.7. The molecule has 2 rings (SSSR count). The van der Waals surface area contributed by atoms with Crippen molar-refractivity contribution in [2.24, 2.45) is 11.8 Å². The molecule has 0 spiro atoms. The van der Waals surface area contributed by atoms with Crippen LogP contribution in [0.5, 0.6) is 0 Å². The molecule has 4 unspecified atom stereocenters. The van der Waals surface area contributed by atoms with Crippen LogP contribution in [0, 0.1) is 11.8 Å². The molecule has 2 heteroatoms. The molecule has 2 nitrogen and oxygen atoms in total. The van der Waals surface area contributed by atoms with Crippen molar-refractivity contribution in [3.05, 3.63) is 0 Å². The molecule has 1 aliphatic carbocycles. The van der Waals surface area contributed by atoms with E-state index in [-0.39, 0.29) is 0 Å². The normalized spacial score (nSPS) is 39.9. The van der Waals surface area contributed by atoms with Crippen LogP contribution in [0.4, 0.5) is 0 Å². The predicted octanol–water partition coefficient (Wildman–Crippen LogP) is 2.93. The van der Waals surface area contributed by atoms with Gasteiger partial charge >= 0.3 is 0 Å². The van der Waals surface area contributed by atoms with E-state index in [0.29, 0.717) is 6.04 Å². The lowest BCUT2D eigenvalue weighted by Crippen LogP contribution is -2.48. The van der Waals surface area contributed by atoms with Gasteiger partial charge in [0.15, 0.2) is 0 Å². The monoisotopic (exact) mass is 238 g/mol. The van der Waals surface area contributed by atoms with Crippen LogP contribution in [0.1, 0.15) is 58.8 Å². The number of piperidine rings is 1. The largest absolute Gasteiger partial charge is 0.312 e. The maximum Gasteiger partial charge on any atom is 0.0218 e. The Morgan fingerprint density at radius 1 is 1.00 bits per heavy atom. The van der Waals surface area contributed by atoms with Gasteiger partial charge in [-0.3, -0.25) is 0 Å². The average Bonchev–Trinajstić information content (AvgIpc) is 2.53. The van der Waals surface area contributed by atoms with Crippen LogP contribution in [-0.4, -0.2) is 25.2 Å². The molecule has 1 heterocycles. The minimum Gasteiger partial charge on any atom is -0.312 e. The maximum atomic E-state index is 3.82. The Hall–Kier alpha value is -0.0800. The Kier molecular flexibility index (Phi) is 5.30. The van der Waals surface area contributed by atoms with Crippen molar-refractivity contribution >= 4 is 0 Å². The lowest BCUT2D eigenvalue weighted by atomic mass is 9.92. The van der Waals surface area contributed by atoms with Crippen molar-refractivity contribution in [3.8, 4) is 0 Å². The van der Waals surface area contributed by atoms with E-state index in [9.17, 15) is 0 Å².